The van der Waals surface area contributed by atoms with Crippen LogP contribution in [0.1, 0.15) is 63.8 Å². The normalized spacial score (nSPS) is 19.5. The molecule has 0 spiro atoms. The predicted molar refractivity (Wildman–Crippen MR) is 125 cm³/mol. The van der Waals surface area contributed by atoms with Crippen LogP contribution in [0.2, 0.25) is 0 Å². The number of hydrogen-bond acceptors (Lipinski definition) is 2. The minimum absolute atomic E-state index is 0. The molecule has 2 aliphatic rings. The van der Waals surface area contributed by atoms with Crippen LogP contribution in [0.25, 0.3) is 16.8 Å². The minimum Gasteiger partial charge on any atom is -0.313 e. The molecule has 0 saturated heterocycles. The van der Waals surface area contributed by atoms with Crippen molar-refractivity contribution in [2.45, 2.75) is 57.8 Å². The van der Waals surface area contributed by atoms with Crippen LogP contribution in [0.3, 0.4) is 0 Å². The number of pyridine rings is 1. The second-order valence-electron chi connectivity index (χ2n) is 9.12. The Morgan fingerprint density at radius 2 is 1.54 bits per heavy atom. The van der Waals surface area contributed by atoms with E-state index < -0.39 is 0 Å². The third kappa shape index (κ3) is 4.30. The van der Waals surface area contributed by atoms with Gasteiger partial charge in [-0.3, -0.25) is 0 Å². The van der Waals surface area contributed by atoms with Crippen molar-refractivity contribution >= 4 is 30.4 Å². The second kappa shape index (κ2) is 8.57. The van der Waals surface area contributed by atoms with Crippen LogP contribution in [0.5, 0.6) is 0 Å². The van der Waals surface area contributed by atoms with E-state index in [1.165, 1.54) is 35.1 Å². The van der Waals surface area contributed by atoms with E-state index in [9.17, 15) is 0 Å². The summed E-state index contributed by atoms with van der Waals surface area (Å²) in [5, 5.41) is 3.38. The SMILES string of the molecule is CC1(C)CCC(C)(C)c2cc(-c3cccc(C4=CCNCC4)n3)ccc21.Cl.Cl. The summed E-state index contributed by atoms with van der Waals surface area (Å²) in [5.41, 5.74) is 8.32. The summed E-state index contributed by atoms with van der Waals surface area (Å²) in [5.74, 6) is 0. The number of nitrogens with one attached hydrogen (secondary N) is 1. The predicted octanol–water partition coefficient (Wildman–Crippen LogP) is 6.32. The van der Waals surface area contributed by atoms with Crippen molar-refractivity contribution in [2.24, 2.45) is 0 Å². The van der Waals surface area contributed by atoms with E-state index in [0.29, 0.717) is 0 Å². The Bertz CT molecular complexity index is 869. The van der Waals surface area contributed by atoms with E-state index in [0.717, 1.165) is 30.9 Å². The average Bonchev–Trinajstić information content (AvgIpc) is 2.66. The Hall–Kier alpha value is -1.35. The zero-order valence-electron chi connectivity index (χ0n) is 17.3. The van der Waals surface area contributed by atoms with Crippen LogP contribution < -0.4 is 5.32 Å². The van der Waals surface area contributed by atoms with Crippen molar-refractivity contribution in [1.29, 1.82) is 0 Å². The molecule has 0 bridgehead atoms. The summed E-state index contributed by atoms with van der Waals surface area (Å²) in [6.07, 6.45) is 5.82. The van der Waals surface area contributed by atoms with Gasteiger partial charge in [-0.15, -0.1) is 24.8 Å². The molecule has 28 heavy (non-hydrogen) atoms. The molecule has 2 aromatic rings. The largest absolute Gasteiger partial charge is 0.313 e. The standard InChI is InChI=1S/C24H30N2.2ClH/c1-23(2)12-13-24(3,4)20-16-18(8-9-19(20)23)22-7-5-6-21(26-22)17-10-14-25-15-11-17;;/h5-10,16,25H,11-15H2,1-4H3;2*1H. The zero-order chi connectivity index (χ0) is 18.4. The van der Waals surface area contributed by atoms with Gasteiger partial charge < -0.3 is 5.32 Å². The molecule has 2 heterocycles. The lowest BCUT2D eigenvalue weighted by Gasteiger charge is -2.42. The van der Waals surface area contributed by atoms with Crippen molar-refractivity contribution in [3.05, 3.63) is 59.3 Å². The topological polar surface area (TPSA) is 24.9 Å². The van der Waals surface area contributed by atoms with Gasteiger partial charge in [0.2, 0.25) is 0 Å². The number of fused-ring (bicyclic) bond motifs is 1. The fourth-order valence-corrected chi connectivity index (χ4v) is 4.38. The van der Waals surface area contributed by atoms with E-state index in [1.54, 1.807) is 0 Å². The molecule has 4 heteroatoms. The van der Waals surface area contributed by atoms with Crippen molar-refractivity contribution < 1.29 is 0 Å². The summed E-state index contributed by atoms with van der Waals surface area (Å²) >= 11 is 0. The van der Waals surface area contributed by atoms with Crippen molar-refractivity contribution in [1.82, 2.24) is 10.3 Å². The van der Waals surface area contributed by atoms with Gasteiger partial charge in [-0.1, -0.05) is 52.0 Å². The first kappa shape index (κ1) is 22.9. The van der Waals surface area contributed by atoms with Crippen LogP contribution in [-0.4, -0.2) is 18.1 Å². The van der Waals surface area contributed by atoms with Gasteiger partial charge in [0.15, 0.2) is 0 Å². The van der Waals surface area contributed by atoms with Gasteiger partial charge in [0.25, 0.3) is 0 Å². The molecule has 1 aromatic heterocycles. The van der Waals surface area contributed by atoms with Crippen molar-refractivity contribution in [3.8, 4) is 11.3 Å². The molecule has 4 rings (SSSR count). The molecule has 1 aliphatic carbocycles. The lowest BCUT2D eigenvalue weighted by atomic mass is 9.63. The second-order valence-corrected chi connectivity index (χ2v) is 9.12. The third-order valence-corrected chi connectivity index (χ3v) is 6.29. The van der Waals surface area contributed by atoms with Gasteiger partial charge in [0.1, 0.15) is 0 Å². The van der Waals surface area contributed by atoms with E-state index >= 15 is 0 Å². The molecule has 1 N–H and O–H groups in total. The average molecular weight is 419 g/mol. The highest BCUT2D eigenvalue weighted by Crippen LogP contribution is 2.46. The van der Waals surface area contributed by atoms with Crippen molar-refractivity contribution in [3.63, 3.8) is 0 Å². The molecule has 0 unspecified atom stereocenters. The fourth-order valence-electron chi connectivity index (χ4n) is 4.38. The maximum Gasteiger partial charge on any atom is 0.0709 e. The maximum atomic E-state index is 5.00. The lowest BCUT2D eigenvalue weighted by molar-refractivity contribution is 0.332. The first-order valence-corrected chi connectivity index (χ1v) is 9.89. The van der Waals surface area contributed by atoms with E-state index in [2.05, 4.69) is 75.5 Å². The number of aromatic nitrogens is 1. The molecule has 0 fully saturated rings. The molecule has 0 saturated carbocycles. The number of benzene rings is 1. The van der Waals surface area contributed by atoms with Crippen molar-refractivity contribution in [2.75, 3.05) is 13.1 Å². The smallest absolute Gasteiger partial charge is 0.0709 e. The molecule has 0 atom stereocenters. The first-order valence-electron chi connectivity index (χ1n) is 9.89. The van der Waals surface area contributed by atoms with Gasteiger partial charge in [0, 0.05) is 12.1 Å². The summed E-state index contributed by atoms with van der Waals surface area (Å²) < 4.78 is 0. The molecule has 0 amide bonds. The molecular formula is C24H32Cl2N2. The van der Waals surface area contributed by atoms with Crippen LogP contribution in [0.15, 0.2) is 42.5 Å². The number of nitrogens with zero attached hydrogens (tertiary/aromatic N) is 1. The Labute approximate surface area is 182 Å². The highest BCUT2D eigenvalue weighted by atomic mass is 35.5. The van der Waals surface area contributed by atoms with Gasteiger partial charge >= 0.3 is 0 Å². The quantitative estimate of drug-likeness (QED) is 0.616. The number of rotatable bonds is 2. The number of hydrogen-bond donors (Lipinski definition) is 1. The van der Waals surface area contributed by atoms with E-state index in [-0.39, 0.29) is 35.6 Å². The Balaban J connectivity index is 0.00000140. The van der Waals surface area contributed by atoms with Crippen LogP contribution in [0.4, 0.5) is 0 Å². The van der Waals surface area contributed by atoms with Gasteiger partial charge in [-0.2, -0.15) is 0 Å². The molecular weight excluding hydrogens is 387 g/mol. The first-order chi connectivity index (χ1) is 12.4. The zero-order valence-corrected chi connectivity index (χ0v) is 19.0. The monoisotopic (exact) mass is 418 g/mol. The Morgan fingerprint density at radius 3 is 2.21 bits per heavy atom. The molecule has 1 aliphatic heterocycles. The molecule has 0 radical (unpaired) electrons. The highest BCUT2D eigenvalue weighted by molar-refractivity contribution is 5.85. The van der Waals surface area contributed by atoms with Crippen LogP contribution in [-0.2, 0) is 10.8 Å². The lowest BCUT2D eigenvalue weighted by Crippen LogP contribution is -2.33. The Morgan fingerprint density at radius 1 is 0.857 bits per heavy atom. The molecule has 1 aromatic carbocycles. The van der Waals surface area contributed by atoms with Crippen LogP contribution in [0, 0.1) is 0 Å². The summed E-state index contributed by atoms with van der Waals surface area (Å²) in [4.78, 5) is 5.00. The fraction of sp³-hybridized carbons (Fsp3) is 0.458. The molecule has 2 nitrogen and oxygen atoms in total. The summed E-state index contributed by atoms with van der Waals surface area (Å²) in [6.45, 7) is 11.5. The highest BCUT2D eigenvalue weighted by Gasteiger charge is 2.37. The van der Waals surface area contributed by atoms with Gasteiger partial charge in [-0.25, -0.2) is 4.98 Å². The van der Waals surface area contributed by atoms with Crippen LogP contribution >= 0.6 is 24.8 Å². The Kier molecular flexibility index (Phi) is 7.02. The van der Waals surface area contributed by atoms with Gasteiger partial charge in [-0.05, 0) is 71.5 Å². The minimum atomic E-state index is 0. The van der Waals surface area contributed by atoms with Gasteiger partial charge in [0.05, 0.1) is 11.4 Å². The summed E-state index contributed by atoms with van der Waals surface area (Å²) in [7, 11) is 0. The van der Waals surface area contributed by atoms with E-state index in [1.807, 2.05) is 0 Å². The maximum absolute atomic E-state index is 5.00. The molecule has 152 valence electrons. The number of halogens is 2. The van der Waals surface area contributed by atoms with E-state index in [4.69, 9.17) is 4.98 Å². The third-order valence-electron chi connectivity index (χ3n) is 6.29. The summed E-state index contributed by atoms with van der Waals surface area (Å²) in [6, 6.07) is 13.5.